The van der Waals surface area contributed by atoms with Crippen LogP contribution in [-0.2, 0) is 5.41 Å². The highest BCUT2D eigenvalue weighted by atomic mass is 16.5. The molecule has 1 aromatic heterocycles. The second-order valence-corrected chi connectivity index (χ2v) is 6.34. The fourth-order valence-electron chi connectivity index (χ4n) is 2.41. The Balaban J connectivity index is 2.04. The van der Waals surface area contributed by atoms with E-state index in [0.717, 1.165) is 28.0 Å². The number of rotatable bonds is 2. The topological polar surface area (TPSA) is 22.4 Å². The highest BCUT2D eigenvalue weighted by molar-refractivity contribution is 5.83. The average Bonchev–Trinajstić information content (AvgIpc) is 2.89. The number of benzene rings is 2. The van der Waals surface area contributed by atoms with Gasteiger partial charge in [-0.25, -0.2) is 0 Å². The average molecular weight is 280 g/mol. The first-order chi connectivity index (χ1) is 9.97. The monoisotopic (exact) mass is 280 g/mol. The van der Waals surface area contributed by atoms with Crippen LogP contribution in [0.5, 0.6) is 5.75 Å². The minimum Gasteiger partial charge on any atom is -0.497 e. The smallest absolute Gasteiger partial charge is 0.135 e. The zero-order chi connectivity index (χ0) is 15.0. The summed E-state index contributed by atoms with van der Waals surface area (Å²) in [5, 5.41) is 1.15. The van der Waals surface area contributed by atoms with Gasteiger partial charge in [-0.2, -0.15) is 0 Å². The molecule has 0 N–H and O–H groups in total. The van der Waals surface area contributed by atoms with Gasteiger partial charge in [-0.15, -0.1) is 0 Å². The molecule has 0 fully saturated rings. The fraction of sp³-hybridized carbons (Fsp3) is 0.263. The third kappa shape index (κ3) is 2.66. The Labute approximate surface area is 125 Å². The SMILES string of the molecule is COc1ccc(-c2cc3cc(C(C)(C)C)ccc3o2)cc1. The van der Waals surface area contributed by atoms with Crippen LogP contribution in [0.15, 0.2) is 52.9 Å². The van der Waals surface area contributed by atoms with Gasteiger partial charge < -0.3 is 9.15 Å². The summed E-state index contributed by atoms with van der Waals surface area (Å²) in [7, 11) is 1.67. The molecular formula is C19H20O2. The first-order valence-electron chi connectivity index (χ1n) is 7.16. The lowest BCUT2D eigenvalue weighted by atomic mass is 9.86. The molecule has 0 spiro atoms. The summed E-state index contributed by atoms with van der Waals surface area (Å²) in [4.78, 5) is 0. The number of methoxy groups -OCH3 is 1. The van der Waals surface area contributed by atoms with E-state index in [1.54, 1.807) is 7.11 Å². The molecule has 0 saturated heterocycles. The molecular weight excluding hydrogens is 260 g/mol. The lowest BCUT2D eigenvalue weighted by Gasteiger charge is -2.18. The molecule has 0 unspecified atom stereocenters. The van der Waals surface area contributed by atoms with E-state index in [1.807, 2.05) is 24.3 Å². The highest BCUT2D eigenvalue weighted by Gasteiger charge is 2.15. The van der Waals surface area contributed by atoms with Gasteiger partial charge in [-0.05, 0) is 53.4 Å². The van der Waals surface area contributed by atoms with E-state index in [4.69, 9.17) is 9.15 Å². The van der Waals surface area contributed by atoms with Crippen LogP contribution in [0.2, 0.25) is 0 Å². The molecule has 2 aromatic carbocycles. The molecule has 1 heterocycles. The van der Waals surface area contributed by atoms with Crippen LogP contribution in [0.25, 0.3) is 22.3 Å². The molecule has 108 valence electrons. The summed E-state index contributed by atoms with van der Waals surface area (Å²) < 4.78 is 11.1. The van der Waals surface area contributed by atoms with Crippen LogP contribution in [0.3, 0.4) is 0 Å². The molecule has 3 rings (SSSR count). The maximum absolute atomic E-state index is 5.95. The van der Waals surface area contributed by atoms with Crippen molar-refractivity contribution < 1.29 is 9.15 Å². The van der Waals surface area contributed by atoms with E-state index in [-0.39, 0.29) is 5.41 Å². The van der Waals surface area contributed by atoms with Gasteiger partial charge >= 0.3 is 0 Å². The number of fused-ring (bicyclic) bond motifs is 1. The largest absolute Gasteiger partial charge is 0.497 e. The van der Waals surface area contributed by atoms with Crippen LogP contribution in [0.1, 0.15) is 26.3 Å². The van der Waals surface area contributed by atoms with Crippen molar-refractivity contribution in [2.75, 3.05) is 7.11 Å². The zero-order valence-corrected chi connectivity index (χ0v) is 12.9. The molecule has 0 radical (unpaired) electrons. The normalized spacial score (nSPS) is 11.8. The Morgan fingerprint density at radius 2 is 1.62 bits per heavy atom. The number of ether oxygens (including phenoxy) is 1. The maximum atomic E-state index is 5.95. The van der Waals surface area contributed by atoms with Gasteiger partial charge in [-0.1, -0.05) is 26.8 Å². The molecule has 0 atom stereocenters. The molecule has 0 aliphatic heterocycles. The summed E-state index contributed by atoms with van der Waals surface area (Å²) in [5.74, 6) is 1.74. The second kappa shape index (κ2) is 4.96. The molecule has 2 heteroatoms. The Morgan fingerprint density at radius 1 is 0.905 bits per heavy atom. The van der Waals surface area contributed by atoms with Crippen LogP contribution in [0.4, 0.5) is 0 Å². The lowest BCUT2D eigenvalue weighted by molar-refractivity contribution is 0.415. The van der Waals surface area contributed by atoms with Crippen molar-refractivity contribution >= 4 is 11.0 Å². The first-order valence-corrected chi connectivity index (χ1v) is 7.16. The quantitative estimate of drug-likeness (QED) is 0.626. The number of furan rings is 1. The minimum atomic E-state index is 0.145. The van der Waals surface area contributed by atoms with Crippen molar-refractivity contribution in [1.82, 2.24) is 0 Å². The Bertz CT molecular complexity index is 758. The van der Waals surface area contributed by atoms with Crippen LogP contribution < -0.4 is 4.74 Å². The van der Waals surface area contributed by atoms with Crippen molar-refractivity contribution in [2.24, 2.45) is 0 Å². The molecule has 21 heavy (non-hydrogen) atoms. The fourth-order valence-corrected chi connectivity index (χ4v) is 2.41. The summed E-state index contributed by atoms with van der Waals surface area (Å²) in [6.45, 7) is 6.66. The van der Waals surface area contributed by atoms with Gasteiger partial charge in [0, 0.05) is 10.9 Å². The molecule has 3 aromatic rings. The zero-order valence-electron chi connectivity index (χ0n) is 12.9. The van der Waals surface area contributed by atoms with Gasteiger partial charge in [0.25, 0.3) is 0 Å². The first kappa shape index (κ1) is 13.7. The number of hydrogen-bond acceptors (Lipinski definition) is 2. The van der Waals surface area contributed by atoms with E-state index in [2.05, 4.69) is 45.0 Å². The van der Waals surface area contributed by atoms with Crippen LogP contribution in [0, 0.1) is 0 Å². The molecule has 0 bridgehead atoms. The van der Waals surface area contributed by atoms with Gasteiger partial charge in [-0.3, -0.25) is 0 Å². The van der Waals surface area contributed by atoms with Gasteiger partial charge in [0.1, 0.15) is 17.1 Å². The van der Waals surface area contributed by atoms with Crippen molar-refractivity contribution in [3.8, 4) is 17.1 Å². The van der Waals surface area contributed by atoms with Crippen LogP contribution >= 0.6 is 0 Å². The lowest BCUT2D eigenvalue weighted by Crippen LogP contribution is -2.10. The van der Waals surface area contributed by atoms with Crippen molar-refractivity contribution in [1.29, 1.82) is 0 Å². The molecule has 0 aliphatic carbocycles. The summed E-state index contributed by atoms with van der Waals surface area (Å²) >= 11 is 0. The van der Waals surface area contributed by atoms with Gasteiger partial charge in [0.2, 0.25) is 0 Å². The predicted octanol–water partition coefficient (Wildman–Crippen LogP) is 5.41. The summed E-state index contributed by atoms with van der Waals surface area (Å²) in [6, 6.07) is 16.4. The van der Waals surface area contributed by atoms with Crippen molar-refractivity contribution in [3.63, 3.8) is 0 Å². The van der Waals surface area contributed by atoms with E-state index < -0.39 is 0 Å². The summed E-state index contributed by atoms with van der Waals surface area (Å²) in [5.41, 5.74) is 3.45. The molecule has 0 amide bonds. The summed E-state index contributed by atoms with van der Waals surface area (Å²) in [6.07, 6.45) is 0. The second-order valence-electron chi connectivity index (χ2n) is 6.34. The van der Waals surface area contributed by atoms with Crippen molar-refractivity contribution in [2.45, 2.75) is 26.2 Å². The van der Waals surface area contributed by atoms with Gasteiger partial charge in [0.05, 0.1) is 7.11 Å². The van der Waals surface area contributed by atoms with Crippen molar-refractivity contribution in [3.05, 3.63) is 54.1 Å². The Kier molecular flexibility index (Phi) is 3.25. The maximum Gasteiger partial charge on any atom is 0.135 e. The van der Waals surface area contributed by atoms with E-state index in [0.29, 0.717) is 0 Å². The Morgan fingerprint density at radius 3 is 2.24 bits per heavy atom. The standard InChI is InChI=1S/C19H20O2/c1-19(2,3)15-7-10-17-14(11-15)12-18(21-17)13-5-8-16(20-4)9-6-13/h5-12H,1-4H3. The predicted molar refractivity (Wildman–Crippen MR) is 86.9 cm³/mol. The molecule has 0 saturated carbocycles. The van der Waals surface area contributed by atoms with E-state index >= 15 is 0 Å². The third-order valence-corrected chi connectivity index (χ3v) is 3.76. The van der Waals surface area contributed by atoms with Crippen LogP contribution in [-0.4, -0.2) is 7.11 Å². The minimum absolute atomic E-state index is 0.145. The Hall–Kier alpha value is -2.22. The van der Waals surface area contributed by atoms with E-state index in [1.165, 1.54) is 5.56 Å². The third-order valence-electron chi connectivity index (χ3n) is 3.76. The van der Waals surface area contributed by atoms with Gasteiger partial charge in [0.15, 0.2) is 0 Å². The highest BCUT2D eigenvalue weighted by Crippen LogP contribution is 2.32. The number of hydrogen-bond donors (Lipinski definition) is 0. The molecule has 0 aliphatic rings. The van der Waals surface area contributed by atoms with E-state index in [9.17, 15) is 0 Å². The molecule has 2 nitrogen and oxygen atoms in total.